The van der Waals surface area contributed by atoms with Gasteiger partial charge < -0.3 is 19.7 Å². The van der Waals surface area contributed by atoms with Crippen molar-refractivity contribution in [1.29, 1.82) is 0 Å². The number of amides is 1. The molecule has 0 saturated carbocycles. The highest BCUT2D eigenvalue weighted by atomic mass is 32.1. The summed E-state index contributed by atoms with van der Waals surface area (Å²) < 4.78 is 39.6. The maximum atomic E-state index is 12.3. The molecule has 0 spiro atoms. The zero-order valence-electron chi connectivity index (χ0n) is 17.8. The molecule has 2 saturated heterocycles. The van der Waals surface area contributed by atoms with E-state index in [1.54, 1.807) is 0 Å². The fourth-order valence-electron chi connectivity index (χ4n) is 4.02. The fourth-order valence-corrected chi connectivity index (χ4v) is 4.95. The van der Waals surface area contributed by atoms with Gasteiger partial charge in [0.25, 0.3) is 5.91 Å². The molecule has 11 heteroatoms. The van der Waals surface area contributed by atoms with Crippen LogP contribution in [0.3, 0.4) is 0 Å². The number of thiophene rings is 1. The summed E-state index contributed by atoms with van der Waals surface area (Å²) >= 11 is 1.88. The number of carboxylic acid groups (broad SMARTS) is 1. The number of nitrogens with zero attached hydrogens (tertiary/aromatic N) is 2. The third kappa shape index (κ3) is 6.11. The van der Waals surface area contributed by atoms with Gasteiger partial charge in [-0.15, -0.1) is 11.3 Å². The number of alkyl halides is 3. The zero-order valence-corrected chi connectivity index (χ0v) is 18.6. The van der Waals surface area contributed by atoms with Gasteiger partial charge in [0.2, 0.25) is 0 Å². The zero-order chi connectivity index (χ0) is 23.5. The molecule has 0 bridgehead atoms. The number of carboxylic acids is 1. The molecule has 2 fully saturated rings. The molecule has 2 aliphatic rings. The number of halogens is 3. The van der Waals surface area contributed by atoms with Gasteiger partial charge in [-0.2, -0.15) is 13.2 Å². The number of hydrogen-bond donors (Lipinski definition) is 2. The van der Waals surface area contributed by atoms with Gasteiger partial charge >= 0.3 is 12.1 Å². The lowest BCUT2D eigenvalue weighted by atomic mass is 9.93. The van der Waals surface area contributed by atoms with Gasteiger partial charge in [0, 0.05) is 61.0 Å². The number of likely N-dealkylation sites (tertiary alicyclic amines) is 1. The highest BCUT2D eigenvalue weighted by Gasteiger charge is 2.43. The topological polar surface area (TPSA) is 83.8 Å². The molecular formula is C21H26F3N3O4S. The first-order valence-corrected chi connectivity index (χ1v) is 10.9. The Bertz CT molecular complexity index is 943. The third-order valence-corrected chi connectivity index (χ3v) is 6.62. The number of hydrogen-bond acceptors (Lipinski definition) is 5. The van der Waals surface area contributed by atoms with E-state index in [0.29, 0.717) is 30.2 Å². The molecule has 1 amide bonds. The van der Waals surface area contributed by atoms with Gasteiger partial charge in [-0.1, -0.05) is 0 Å². The summed E-state index contributed by atoms with van der Waals surface area (Å²) in [5, 5.41) is 10.2. The van der Waals surface area contributed by atoms with Crippen LogP contribution in [0.5, 0.6) is 0 Å². The van der Waals surface area contributed by atoms with Gasteiger partial charge in [0.1, 0.15) is 5.69 Å². The van der Waals surface area contributed by atoms with E-state index in [1.807, 2.05) is 41.3 Å². The van der Waals surface area contributed by atoms with Crippen LogP contribution in [0.15, 0.2) is 30.5 Å². The number of aromatic nitrogens is 1. The number of carbonyl (C=O) groups excluding carboxylic acids is 1. The standard InChI is InChI=1S/C19H25N3O2S.C2HF3O2/c1-13-5-6-15(25-13)9-22-10-16-14(12-24-18(16)11-22)8-20-19(23)17-4-3-7-21(17)2;3-2(4,5)1(6)7/h3-7,14,16,18H,8-12H2,1-2H3,(H,20,23);(H,6,7)/t14-,16+,18+;/m0./s1. The Balaban J connectivity index is 0.000000360. The molecule has 0 unspecified atom stereocenters. The van der Waals surface area contributed by atoms with Gasteiger partial charge in [-0.05, 0) is 31.2 Å². The molecule has 32 heavy (non-hydrogen) atoms. The molecule has 176 valence electrons. The van der Waals surface area contributed by atoms with Crippen LogP contribution in [0.1, 0.15) is 20.2 Å². The summed E-state index contributed by atoms with van der Waals surface area (Å²) in [6.07, 6.45) is -2.87. The van der Waals surface area contributed by atoms with Crippen LogP contribution in [0, 0.1) is 18.8 Å². The fraction of sp³-hybridized carbons (Fsp3) is 0.524. The van der Waals surface area contributed by atoms with E-state index in [4.69, 9.17) is 14.6 Å². The van der Waals surface area contributed by atoms with Crippen molar-refractivity contribution in [3.05, 3.63) is 45.9 Å². The minimum Gasteiger partial charge on any atom is -0.475 e. The second kappa shape index (κ2) is 10.1. The number of ether oxygens (including phenoxy) is 1. The Morgan fingerprint density at radius 1 is 1.28 bits per heavy atom. The minimum absolute atomic E-state index is 0.000126. The molecule has 4 rings (SSSR count). The van der Waals surface area contributed by atoms with Crippen LogP contribution in [0.2, 0.25) is 0 Å². The van der Waals surface area contributed by atoms with Crippen molar-refractivity contribution in [3.8, 4) is 0 Å². The Hall–Kier alpha value is -2.37. The van der Waals surface area contributed by atoms with Crippen LogP contribution in [0.4, 0.5) is 13.2 Å². The first kappa shape index (κ1) is 24.3. The Kier molecular flexibility index (Phi) is 7.63. The first-order chi connectivity index (χ1) is 15.0. The molecule has 7 nitrogen and oxygen atoms in total. The van der Waals surface area contributed by atoms with E-state index in [2.05, 4.69) is 29.3 Å². The molecule has 2 aromatic heterocycles. The molecular weight excluding hydrogens is 447 g/mol. The SMILES string of the molecule is Cc1ccc(CN2C[C@@H]3[C@@H](CNC(=O)c4cccn4C)CO[C@@H]3C2)s1.O=C(O)C(F)(F)F. The van der Waals surface area contributed by atoms with Crippen molar-refractivity contribution in [2.75, 3.05) is 26.2 Å². The summed E-state index contributed by atoms with van der Waals surface area (Å²) in [4.78, 5) is 26.5. The maximum Gasteiger partial charge on any atom is 0.490 e. The second-order valence-electron chi connectivity index (χ2n) is 8.02. The summed E-state index contributed by atoms with van der Waals surface area (Å²) in [6.45, 7) is 6.68. The van der Waals surface area contributed by atoms with Crippen LogP contribution in [-0.2, 0) is 23.1 Å². The minimum atomic E-state index is -5.08. The van der Waals surface area contributed by atoms with E-state index in [0.717, 1.165) is 26.2 Å². The quantitative estimate of drug-likeness (QED) is 0.698. The number of aliphatic carboxylic acids is 1. The van der Waals surface area contributed by atoms with Crippen LogP contribution in [0.25, 0.3) is 0 Å². The normalized spacial score (nSPS) is 22.8. The van der Waals surface area contributed by atoms with Crippen molar-refractivity contribution in [3.63, 3.8) is 0 Å². The highest BCUT2D eigenvalue weighted by molar-refractivity contribution is 7.11. The van der Waals surface area contributed by atoms with Crippen molar-refractivity contribution in [2.24, 2.45) is 18.9 Å². The van der Waals surface area contributed by atoms with Gasteiger partial charge in [-0.25, -0.2) is 4.79 Å². The summed E-state index contributed by atoms with van der Waals surface area (Å²) in [5.74, 6) is -1.83. The molecule has 3 atom stereocenters. The number of aryl methyl sites for hydroxylation is 2. The van der Waals surface area contributed by atoms with E-state index in [9.17, 15) is 18.0 Å². The van der Waals surface area contributed by atoms with Gasteiger partial charge in [0.05, 0.1) is 12.7 Å². The predicted octanol–water partition coefficient (Wildman–Crippen LogP) is 2.91. The third-order valence-electron chi connectivity index (χ3n) is 5.63. The highest BCUT2D eigenvalue weighted by Crippen LogP contribution is 2.34. The Labute approximate surface area is 187 Å². The van der Waals surface area contributed by atoms with Crippen molar-refractivity contribution < 1.29 is 32.6 Å². The Morgan fingerprint density at radius 2 is 2.00 bits per heavy atom. The van der Waals surface area contributed by atoms with E-state index in [1.165, 1.54) is 9.75 Å². The monoisotopic (exact) mass is 473 g/mol. The largest absolute Gasteiger partial charge is 0.490 e. The average molecular weight is 474 g/mol. The molecule has 2 aromatic rings. The number of nitrogens with one attached hydrogen (secondary N) is 1. The van der Waals surface area contributed by atoms with Gasteiger partial charge in [0.15, 0.2) is 0 Å². The van der Waals surface area contributed by atoms with E-state index in [-0.39, 0.29) is 5.91 Å². The molecule has 0 radical (unpaired) electrons. The lowest BCUT2D eigenvalue weighted by molar-refractivity contribution is -0.192. The lowest BCUT2D eigenvalue weighted by Crippen LogP contribution is -2.34. The van der Waals surface area contributed by atoms with Crippen molar-refractivity contribution in [1.82, 2.24) is 14.8 Å². The molecule has 0 aliphatic carbocycles. The molecule has 4 heterocycles. The van der Waals surface area contributed by atoms with E-state index < -0.39 is 12.1 Å². The number of rotatable bonds is 5. The Morgan fingerprint density at radius 3 is 2.56 bits per heavy atom. The summed E-state index contributed by atoms with van der Waals surface area (Å²) in [5.41, 5.74) is 0.705. The molecule has 0 aromatic carbocycles. The van der Waals surface area contributed by atoms with Crippen LogP contribution in [-0.4, -0.2) is 65.0 Å². The second-order valence-corrected chi connectivity index (χ2v) is 9.39. The summed E-state index contributed by atoms with van der Waals surface area (Å²) in [6, 6.07) is 8.16. The predicted molar refractivity (Wildman–Crippen MR) is 112 cm³/mol. The van der Waals surface area contributed by atoms with Gasteiger partial charge in [-0.3, -0.25) is 9.69 Å². The van der Waals surface area contributed by atoms with Crippen molar-refractivity contribution >= 4 is 23.2 Å². The van der Waals surface area contributed by atoms with Crippen LogP contribution < -0.4 is 5.32 Å². The maximum absolute atomic E-state index is 12.3. The molecule has 2 N–H and O–H groups in total. The van der Waals surface area contributed by atoms with Crippen LogP contribution >= 0.6 is 11.3 Å². The lowest BCUT2D eigenvalue weighted by Gasteiger charge is -2.19. The van der Waals surface area contributed by atoms with E-state index >= 15 is 0 Å². The van der Waals surface area contributed by atoms with Crippen molar-refractivity contribution in [2.45, 2.75) is 25.7 Å². The number of fused-ring (bicyclic) bond motifs is 1. The number of carbonyl (C=O) groups is 2. The first-order valence-electron chi connectivity index (χ1n) is 10.1. The summed E-state index contributed by atoms with van der Waals surface area (Å²) in [7, 11) is 1.89. The average Bonchev–Trinajstić information content (AvgIpc) is 3.46. The smallest absolute Gasteiger partial charge is 0.475 e. The molecule has 2 aliphatic heterocycles.